The lowest BCUT2D eigenvalue weighted by Crippen LogP contribution is -2.53. The summed E-state index contributed by atoms with van der Waals surface area (Å²) in [5, 5.41) is 8.90. The van der Waals surface area contributed by atoms with E-state index in [1.54, 1.807) is 0 Å². The first-order chi connectivity index (χ1) is 8.20. The van der Waals surface area contributed by atoms with Gasteiger partial charge in [0, 0.05) is 0 Å². The molecule has 1 aliphatic rings. The zero-order valence-electron chi connectivity index (χ0n) is 10.9. The fourth-order valence-corrected chi connectivity index (χ4v) is 2.07. The first kappa shape index (κ1) is 14.6. The van der Waals surface area contributed by atoms with Crippen molar-refractivity contribution in [3.8, 4) is 0 Å². The number of amides is 2. The Labute approximate surface area is 106 Å². The molecule has 0 aliphatic carbocycles. The third kappa shape index (κ3) is 4.10. The minimum atomic E-state index is -1.02. The van der Waals surface area contributed by atoms with Gasteiger partial charge in [0.15, 0.2) is 0 Å². The molecule has 0 aromatic carbocycles. The van der Waals surface area contributed by atoms with Crippen molar-refractivity contribution in [3.63, 3.8) is 0 Å². The second-order valence-electron chi connectivity index (χ2n) is 5.67. The number of rotatable bonds is 4. The summed E-state index contributed by atoms with van der Waals surface area (Å²) < 4.78 is 4.82. The van der Waals surface area contributed by atoms with E-state index >= 15 is 0 Å². The summed E-state index contributed by atoms with van der Waals surface area (Å²) in [6.07, 6.45) is 0.228. The Morgan fingerprint density at radius 3 is 2.22 bits per heavy atom. The molecular weight excluding hydrogens is 238 g/mol. The number of hydrogen-bond acceptors (Lipinski definition) is 4. The van der Waals surface area contributed by atoms with E-state index in [1.165, 1.54) is 0 Å². The lowest BCUT2D eigenvalue weighted by molar-refractivity contribution is -0.163. The number of carbonyl (C=O) groups excluding carboxylic acids is 2. The molecule has 18 heavy (non-hydrogen) atoms. The third-order valence-corrected chi connectivity index (χ3v) is 2.61. The van der Waals surface area contributed by atoms with E-state index in [2.05, 4.69) is 0 Å². The minimum Gasteiger partial charge on any atom is -0.481 e. The molecule has 0 aromatic rings. The number of carbonyl (C=O) groups is 3. The van der Waals surface area contributed by atoms with Crippen LogP contribution in [0, 0.1) is 5.41 Å². The number of nitrogens with zero attached hydrogens (tertiary/aromatic N) is 1. The molecule has 1 unspecified atom stereocenters. The number of carboxylic acids is 1. The average Bonchev–Trinajstić information content (AvgIpc) is 2.13. The van der Waals surface area contributed by atoms with E-state index in [0.717, 1.165) is 4.90 Å². The molecule has 1 N–H and O–H groups in total. The molecule has 1 saturated heterocycles. The Balaban J connectivity index is 2.89. The monoisotopic (exact) mass is 257 g/mol. The van der Waals surface area contributed by atoms with Gasteiger partial charge in [-0.2, -0.15) is 0 Å². The van der Waals surface area contributed by atoms with Crippen molar-refractivity contribution in [1.29, 1.82) is 0 Å². The molecule has 1 atom stereocenters. The molecule has 0 aromatic heterocycles. The van der Waals surface area contributed by atoms with Gasteiger partial charge in [-0.25, -0.2) is 0 Å². The fourth-order valence-electron chi connectivity index (χ4n) is 2.07. The van der Waals surface area contributed by atoms with Gasteiger partial charge in [0.1, 0.15) is 13.2 Å². The highest BCUT2D eigenvalue weighted by Gasteiger charge is 2.36. The SMILES string of the molecule is CC(C)(C)CC(CC(=O)O)N1C(=O)COCC1=O. The van der Waals surface area contributed by atoms with E-state index in [0.29, 0.717) is 6.42 Å². The van der Waals surface area contributed by atoms with Gasteiger partial charge >= 0.3 is 5.97 Å². The van der Waals surface area contributed by atoms with Crippen molar-refractivity contribution in [1.82, 2.24) is 4.90 Å². The van der Waals surface area contributed by atoms with Gasteiger partial charge in [-0.3, -0.25) is 19.3 Å². The van der Waals surface area contributed by atoms with Crippen LogP contribution in [0.4, 0.5) is 0 Å². The van der Waals surface area contributed by atoms with Crippen LogP contribution in [0.25, 0.3) is 0 Å². The summed E-state index contributed by atoms with van der Waals surface area (Å²) in [7, 11) is 0. The van der Waals surface area contributed by atoms with Crippen LogP contribution in [0.5, 0.6) is 0 Å². The molecule has 0 saturated carbocycles. The van der Waals surface area contributed by atoms with Crippen molar-refractivity contribution < 1.29 is 24.2 Å². The highest BCUT2D eigenvalue weighted by atomic mass is 16.5. The zero-order valence-corrected chi connectivity index (χ0v) is 10.9. The molecule has 2 amide bonds. The van der Waals surface area contributed by atoms with Crippen molar-refractivity contribution in [3.05, 3.63) is 0 Å². The lowest BCUT2D eigenvalue weighted by atomic mass is 9.86. The molecule has 102 valence electrons. The molecule has 6 nitrogen and oxygen atoms in total. The van der Waals surface area contributed by atoms with Crippen molar-refractivity contribution in [2.75, 3.05) is 13.2 Å². The van der Waals surface area contributed by atoms with Crippen LogP contribution in [-0.4, -0.2) is 47.0 Å². The number of hydrogen-bond donors (Lipinski definition) is 1. The Morgan fingerprint density at radius 2 is 1.83 bits per heavy atom. The smallest absolute Gasteiger partial charge is 0.305 e. The Bertz CT molecular complexity index is 342. The predicted molar refractivity (Wildman–Crippen MR) is 62.8 cm³/mol. The summed E-state index contributed by atoms with van der Waals surface area (Å²) in [6, 6.07) is -0.605. The van der Waals surface area contributed by atoms with Gasteiger partial charge in [0.25, 0.3) is 11.8 Å². The van der Waals surface area contributed by atoms with Crippen molar-refractivity contribution in [2.45, 2.75) is 39.7 Å². The van der Waals surface area contributed by atoms with E-state index in [9.17, 15) is 14.4 Å². The van der Waals surface area contributed by atoms with E-state index in [4.69, 9.17) is 9.84 Å². The molecule has 0 radical (unpaired) electrons. The summed E-state index contributed by atoms with van der Waals surface area (Å²) in [6.45, 7) is 5.50. The normalized spacial score (nSPS) is 18.9. The van der Waals surface area contributed by atoms with Gasteiger partial charge < -0.3 is 9.84 Å². The molecular formula is C12H19NO5. The second kappa shape index (κ2) is 5.48. The fraction of sp³-hybridized carbons (Fsp3) is 0.750. The summed E-state index contributed by atoms with van der Waals surface area (Å²) in [4.78, 5) is 35.3. The largest absolute Gasteiger partial charge is 0.481 e. The molecule has 1 heterocycles. The predicted octanol–water partition coefficient (Wildman–Crippen LogP) is 0.651. The van der Waals surface area contributed by atoms with Gasteiger partial charge in [-0.05, 0) is 11.8 Å². The van der Waals surface area contributed by atoms with Crippen LogP contribution in [0.2, 0.25) is 0 Å². The number of carboxylic acid groups (broad SMARTS) is 1. The quantitative estimate of drug-likeness (QED) is 0.747. The van der Waals surface area contributed by atoms with Gasteiger partial charge in [-0.1, -0.05) is 20.8 Å². The zero-order chi connectivity index (χ0) is 13.9. The van der Waals surface area contributed by atoms with Gasteiger partial charge in [-0.15, -0.1) is 0 Å². The average molecular weight is 257 g/mol. The van der Waals surface area contributed by atoms with Gasteiger partial charge in [0.05, 0.1) is 12.5 Å². The van der Waals surface area contributed by atoms with E-state index in [1.807, 2.05) is 20.8 Å². The highest BCUT2D eigenvalue weighted by Crippen LogP contribution is 2.26. The maximum Gasteiger partial charge on any atom is 0.305 e. The van der Waals surface area contributed by atoms with Gasteiger partial charge in [0.2, 0.25) is 0 Å². The third-order valence-electron chi connectivity index (χ3n) is 2.61. The molecule has 1 rings (SSSR count). The summed E-state index contributed by atoms with van der Waals surface area (Å²) in [5.41, 5.74) is -0.168. The van der Waals surface area contributed by atoms with Crippen LogP contribution in [0.15, 0.2) is 0 Å². The van der Waals surface area contributed by atoms with Crippen LogP contribution in [0.1, 0.15) is 33.6 Å². The maximum absolute atomic E-state index is 11.7. The number of imide groups is 1. The van der Waals surface area contributed by atoms with Crippen molar-refractivity contribution >= 4 is 17.8 Å². The highest BCUT2D eigenvalue weighted by molar-refractivity contribution is 5.99. The van der Waals surface area contributed by atoms with E-state index < -0.39 is 23.8 Å². The Kier molecular flexibility index (Phi) is 4.45. The summed E-state index contributed by atoms with van der Waals surface area (Å²) >= 11 is 0. The van der Waals surface area contributed by atoms with Crippen LogP contribution in [0.3, 0.4) is 0 Å². The Hall–Kier alpha value is -1.43. The maximum atomic E-state index is 11.7. The standard InChI is InChI=1S/C12H19NO5/c1-12(2,3)5-8(4-11(16)17)13-9(14)6-18-7-10(13)15/h8H,4-7H2,1-3H3,(H,16,17). The van der Waals surface area contributed by atoms with E-state index in [-0.39, 0.29) is 25.0 Å². The second-order valence-corrected chi connectivity index (χ2v) is 5.67. The Morgan fingerprint density at radius 1 is 1.33 bits per heavy atom. The first-order valence-electron chi connectivity index (χ1n) is 5.85. The lowest BCUT2D eigenvalue weighted by Gasteiger charge is -2.35. The van der Waals surface area contributed by atoms with Crippen LogP contribution >= 0.6 is 0 Å². The minimum absolute atomic E-state index is 0.161. The van der Waals surface area contributed by atoms with Crippen LogP contribution < -0.4 is 0 Å². The molecule has 1 aliphatic heterocycles. The molecule has 6 heteroatoms. The molecule has 0 bridgehead atoms. The molecule has 0 spiro atoms. The first-order valence-corrected chi connectivity index (χ1v) is 5.85. The van der Waals surface area contributed by atoms with Crippen molar-refractivity contribution in [2.24, 2.45) is 5.41 Å². The topological polar surface area (TPSA) is 83.9 Å². The summed E-state index contributed by atoms with van der Waals surface area (Å²) in [5.74, 6) is -1.93. The molecule has 1 fully saturated rings. The number of aliphatic carboxylic acids is 1. The number of morpholine rings is 1. The number of ether oxygens (including phenoxy) is 1. The van der Waals surface area contributed by atoms with Crippen LogP contribution in [-0.2, 0) is 19.1 Å².